The first-order chi connectivity index (χ1) is 13.7. The highest BCUT2D eigenvalue weighted by atomic mass is 16.5. The fourth-order valence-electron chi connectivity index (χ4n) is 2.32. The van der Waals surface area contributed by atoms with Crippen LogP contribution in [0.2, 0.25) is 0 Å². The van der Waals surface area contributed by atoms with Gasteiger partial charge in [-0.2, -0.15) is 0 Å². The predicted molar refractivity (Wildman–Crippen MR) is 109 cm³/mol. The lowest BCUT2D eigenvalue weighted by Gasteiger charge is -2.00. The fourth-order valence-corrected chi connectivity index (χ4v) is 2.32. The van der Waals surface area contributed by atoms with Crippen LogP contribution < -0.4 is 9.47 Å². The molecule has 0 spiro atoms. The molecule has 0 amide bonds. The normalized spacial score (nSPS) is 10.9. The van der Waals surface area contributed by atoms with Crippen molar-refractivity contribution in [1.82, 2.24) is 0 Å². The molecule has 3 aromatic rings. The summed E-state index contributed by atoms with van der Waals surface area (Å²) in [5.74, 6) is 0.109. The highest BCUT2D eigenvalue weighted by molar-refractivity contribution is 5.89. The zero-order valence-electron chi connectivity index (χ0n) is 15.0. The molecule has 0 unspecified atom stereocenters. The number of para-hydroxylation sites is 2. The Morgan fingerprint density at radius 3 is 1.25 bits per heavy atom. The van der Waals surface area contributed by atoms with Crippen LogP contribution in [0.1, 0.15) is 11.1 Å². The molecule has 3 rings (SSSR count). The largest absolute Gasteiger partial charge is 0.423 e. The summed E-state index contributed by atoms with van der Waals surface area (Å²) in [7, 11) is 0. The monoisotopic (exact) mass is 370 g/mol. The number of rotatable bonds is 6. The van der Waals surface area contributed by atoms with Crippen LogP contribution in [0.25, 0.3) is 12.2 Å². The SMILES string of the molecule is O=C(/C=C/c1ccc(/C=C/C(=O)Oc2ccccc2)cc1)Oc1ccccc1. The Morgan fingerprint density at radius 1 is 0.536 bits per heavy atom. The van der Waals surface area contributed by atoms with Gasteiger partial charge in [0.15, 0.2) is 0 Å². The summed E-state index contributed by atoms with van der Waals surface area (Å²) in [4.78, 5) is 23.6. The van der Waals surface area contributed by atoms with Crippen molar-refractivity contribution in [3.63, 3.8) is 0 Å². The summed E-state index contributed by atoms with van der Waals surface area (Å²) in [6.45, 7) is 0. The summed E-state index contributed by atoms with van der Waals surface area (Å²) in [6, 6.07) is 25.1. The molecule has 0 saturated carbocycles. The molecular formula is C24H18O4. The van der Waals surface area contributed by atoms with E-state index in [-0.39, 0.29) is 0 Å². The lowest BCUT2D eigenvalue weighted by Crippen LogP contribution is -2.03. The lowest BCUT2D eigenvalue weighted by molar-refractivity contribution is -0.129. The van der Waals surface area contributed by atoms with Crippen molar-refractivity contribution < 1.29 is 19.1 Å². The predicted octanol–water partition coefficient (Wildman–Crippen LogP) is 4.92. The van der Waals surface area contributed by atoms with Crippen molar-refractivity contribution >= 4 is 24.1 Å². The van der Waals surface area contributed by atoms with Gasteiger partial charge in [-0.25, -0.2) is 9.59 Å². The Kier molecular flexibility index (Phi) is 6.53. The molecule has 0 bridgehead atoms. The maximum atomic E-state index is 11.8. The van der Waals surface area contributed by atoms with Crippen LogP contribution in [0.15, 0.2) is 97.1 Å². The summed E-state index contributed by atoms with van der Waals surface area (Å²) in [5.41, 5.74) is 1.68. The minimum atomic E-state index is -0.446. The Morgan fingerprint density at radius 2 is 0.893 bits per heavy atom. The average molecular weight is 370 g/mol. The quantitative estimate of drug-likeness (QED) is 0.351. The van der Waals surface area contributed by atoms with E-state index in [9.17, 15) is 9.59 Å². The van der Waals surface area contributed by atoms with Crippen LogP contribution in [0.4, 0.5) is 0 Å². The average Bonchev–Trinajstić information content (AvgIpc) is 2.73. The minimum Gasteiger partial charge on any atom is -0.423 e. The van der Waals surface area contributed by atoms with E-state index in [0.717, 1.165) is 11.1 Å². The van der Waals surface area contributed by atoms with E-state index in [1.165, 1.54) is 12.2 Å². The molecule has 0 heterocycles. The van der Waals surface area contributed by atoms with Gasteiger partial charge in [0.2, 0.25) is 0 Å². The molecule has 4 nitrogen and oxygen atoms in total. The van der Waals surface area contributed by atoms with Crippen molar-refractivity contribution in [2.75, 3.05) is 0 Å². The maximum Gasteiger partial charge on any atom is 0.336 e. The number of ether oxygens (including phenoxy) is 2. The van der Waals surface area contributed by atoms with Crippen LogP contribution >= 0.6 is 0 Å². The highest BCUT2D eigenvalue weighted by Gasteiger charge is 2.00. The van der Waals surface area contributed by atoms with Gasteiger partial charge >= 0.3 is 11.9 Å². The third-order valence-electron chi connectivity index (χ3n) is 3.68. The molecular weight excluding hydrogens is 352 g/mol. The second-order valence-electron chi connectivity index (χ2n) is 5.80. The van der Waals surface area contributed by atoms with Crippen LogP contribution in [0.3, 0.4) is 0 Å². The molecule has 3 aromatic carbocycles. The molecule has 4 heteroatoms. The Labute approximate surface area is 163 Å². The van der Waals surface area contributed by atoms with Gasteiger partial charge in [-0.05, 0) is 47.5 Å². The van der Waals surface area contributed by atoms with Crippen molar-refractivity contribution in [1.29, 1.82) is 0 Å². The lowest BCUT2D eigenvalue weighted by atomic mass is 10.1. The molecule has 138 valence electrons. The molecule has 0 aliphatic heterocycles. The Hall–Kier alpha value is -3.92. The molecule has 0 aliphatic rings. The Balaban J connectivity index is 1.53. The zero-order valence-corrected chi connectivity index (χ0v) is 15.0. The number of hydrogen-bond acceptors (Lipinski definition) is 4. The van der Waals surface area contributed by atoms with E-state index >= 15 is 0 Å². The summed E-state index contributed by atoms with van der Waals surface area (Å²) in [6.07, 6.45) is 6.08. The molecule has 0 saturated heterocycles. The van der Waals surface area contributed by atoms with Crippen molar-refractivity contribution in [2.45, 2.75) is 0 Å². The van der Waals surface area contributed by atoms with Gasteiger partial charge in [0.1, 0.15) is 11.5 Å². The van der Waals surface area contributed by atoms with E-state index in [1.54, 1.807) is 60.7 Å². The van der Waals surface area contributed by atoms with Gasteiger partial charge in [-0.3, -0.25) is 0 Å². The smallest absolute Gasteiger partial charge is 0.336 e. The summed E-state index contributed by atoms with van der Waals surface area (Å²) in [5, 5.41) is 0. The summed E-state index contributed by atoms with van der Waals surface area (Å²) < 4.78 is 10.4. The first kappa shape index (κ1) is 18.9. The topological polar surface area (TPSA) is 52.6 Å². The van der Waals surface area contributed by atoms with Gasteiger partial charge in [0, 0.05) is 12.2 Å². The number of carbonyl (C=O) groups excluding carboxylic acids is 2. The van der Waals surface area contributed by atoms with Gasteiger partial charge < -0.3 is 9.47 Å². The van der Waals surface area contributed by atoms with Crippen molar-refractivity contribution in [3.05, 3.63) is 108 Å². The third-order valence-corrected chi connectivity index (χ3v) is 3.68. The minimum absolute atomic E-state index is 0.446. The van der Waals surface area contributed by atoms with Crippen molar-refractivity contribution in [3.8, 4) is 11.5 Å². The molecule has 0 radical (unpaired) electrons. The summed E-state index contributed by atoms with van der Waals surface area (Å²) >= 11 is 0. The number of carbonyl (C=O) groups is 2. The molecule has 0 aromatic heterocycles. The van der Waals surface area contributed by atoms with Crippen LogP contribution in [-0.4, -0.2) is 11.9 Å². The van der Waals surface area contributed by atoms with Gasteiger partial charge in [0.25, 0.3) is 0 Å². The van der Waals surface area contributed by atoms with E-state index in [1.807, 2.05) is 36.4 Å². The standard InChI is InChI=1S/C24H18O4/c25-23(27-21-7-3-1-4-8-21)17-15-19-11-13-20(14-12-19)16-18-24(26)28-22-9-5-2-6-10-22/h1-18H/b17-15+,18-16+. The molecule has 0 atom stereocenters. The first-order valence-electron chi connectivity index (χ1n) is 8.69. The second-order valence-corrected chi connectivity index (χ2v) is 5.80. The second kappa shape index (κ2) is 9.69. The molecule has 0 fully saturated rings. The fraction of sp³-hybridized carbons (Fsp3) is 0. The number of benzene rings is 3. The third kappa shape index (κ3) is 6.11. The first-order valence-corrected chi connectivity index (χ1v) is 8.69. The Bertz CT molecular complexity index is 890. The van der Waals surface area contributed by atoms with E-state index in [2.05, 4.69) is 0 Å². The van der Waals surface area contributed by atoms with Crippen LogP contribution in [-0.2, 0) is 9.59 Å². The van der Waals surface area contributed by atoms with Crippen molar-refractivity contribution in [2.24, 2.45) is 0 Å². The van der Waals surface area contributed by atoms with Gasteiger partial charge in [0.05, 0.1) is 0 Å². The van der Waals surface area contributed by atoms with Crippen LogP contribution in [0, 0.1) is 0 Å². The van der Waals surface area contributed by atoms with E-state index in [0.29, 0.717) is 11.5 Å². The maximum absolute atomic E-state index is 11.8. The van der Waals surface area contributed by atoms with Crippen LogP contribution in [0.5, 0.6) is 11.5 Å². The molecule has 0 aliphatic carbocycles. The van der Waals surface area contributed by atoms with E-state index < -0.39 is 11.9 Å². The van der Waals surface area contributed by atoms with Gasteiger partial charge in [-0.15, -0.1) is 0 Å². The number of hydrogen-bond donors (Lipinski definition) is 0. The molecule has 0 N–H and O–H groups in total. The zero-order chi connectivity index (χ0) is 19.6. The van der Waals surface area contributed by atoms with Gasteiger partial charge in [-0.1, -0.05) is 60.7 Å². The highest BCUT2D eigenvalue weighted by Crippen LogP contribution is 2.12. The van der Waals surface area contributed by atoms with E-state index in [4.69, 9.17) is 9.47 Å². The number of esters is 2. The molecule has 28 heavy (non-hydrogen) atoms.